The molecule has 0 spiro atoms. The van der Waals surface area contributed by atoms with Crippen molar-refractivity contribution < 1.29 is 9.18 Å². The second kappa shape index (κ2) is 6.07. The Labute approximate surface area is 133 Å². The summed E-state index contributed by atoms with van der Waals surface area (Å²) in [5.41, 5.74) is 8.67. The molecule has 0 saturated carbocycles. The molecule has 0 saturated heterocycles. The summed E-state index contributed by atoms with van der Waals surface area (Å²) in [6.45, 7) is 1.08. The van der Waals surface area contributed by atoms with E-state index in [1.807, 2.05) is 29.2 Å². The Balaban J connectivity index is 1.89. The Kier molecular flexibility index (Phi) is 4.14. The normalized spacial score (nSPS) is 18.0. The van der Waals surface area contributed by atoms with Crippen molar-refractivity contribution in [3.8, 4) is 0 Å². The van der Waals surface area contributed by atoms with Crippen LogP contribution in [0.4, 0.5) is 4.39 Å². The minimum atomic E-state index is -0.379. The minimum absolute atomic E-state index is 0.354. The molecule has 0 radical (unpaired) electrons. The van der Waals surface area contributed by atoms with E-state index in [0.717, 1.165) is 11.1 Å². The molecule has 22 heavy (non-hydrogen) atoms. The zero-order chi connectivity index (χ0) is 15.7. The summed E-state index contributed by atoms with van der Waals surface area (Å²) >= 11 is 6.09. The first kappa shape index (κ1) is 15.0. The van der Waals surface area contributed by atoms with E-state index in [1.165, 1.54) is 17.7 Å². The van der Waals surface area contributed by atoms with E-state index in [9.17, 15) is 9.18 Å². The number of primary amides is 1. The molecular formula is C17H16ClFN2O. The van der Waals surface area contributed by atoms with Gasteiger partial charge >= 0.3 is 0 Å². The van der Waals surface area contributed by atoms with Crippen LogP contribution in [-0.2, 0) is 24.3 Å². The van der Waals surface area contributed by atoms with Gasteiger partial charge in [-0.1, -0.05) is 41.9 Å². The standard InChI is InChI=1S/C17H16ClFN2O/c18-15-8-14(19)6-5-13(15)10-21-9-12-4-2-1-3-11(12)7-16(21)17(20)22/h1-6,8,16H,7,9-10H2,(H2,20,22). The highest BCUT2D eigenvalue weighted by molar-refractivity contribution is 6.31. The first-order chi connectivity index (χ1) is 10.5. The summed E-state index contributed by atoms with van der Waals surface area (Å²) in [7, 11) is 0. The summed E-state index contributed by atoms with van der Waals surface area (Å²) in [6.07, 6.45) is 0.588. The Morgan fingerprint density at radius 3 is 2.68 bits per heavy atom. The predicted octanol–water partition coefficient (Wildman–Crippen LogP) is 2.89. The van der Waals surface area contributed by atoms with E-state index < -0.39 is 0 Å². The first-order valence-corrected chi connectivity index (χ1v) is 7.46. The average molecular weight is 319 g/mol. The molecule has 2 aromatic rings. The maximum atomic E-state index is 13.2. The SMILES string of the molecule is NC(=O)C1Cc2ccccc2CN1Cc1ccc(F)cc1Cl. The predicted molar refractivity (Wildman–Crippen MR) is 83.8 cm³/mol. The van der Waals surface area contributed by atoms with Crippen molar-refractivity contribution in [1.82, 2.24) is 4.90 Å². The summed E-state index contributed by atoms with van der Waals surface area (Å²) < 4.78 is 13.2. The maximum Gasteiger partial charge on any atom is 0.235 e. The van der Waals surface area contributed by atoms with Crippen LogP contribution in [0.5, 0.6) is 0 Å². The number of nitrogens with zero attached hydrogens (tertiary/aromatic N) is 1. The third kappa shape index (κ3) is 2.98. The van der Waals surface area contributed by atoms with Crippen LogP contribution >= 0.6 is 11.6 Å². The number of rotatable bonds is 3. The fraction of sp³-hybridized carbons (Fsp3) is 0.235. The highest BCUT2D eigenvalue weighted by Gasteiger charge is 2.30. The van der Waals surface area contributed by atoms with Gasteiger partial charge in [0.2, 0.25) is 5.91 Å². The summed E-state index contributed by atoms with van der Waals surface area (Å²) in [6, 6.07) is 11.9. The Morgan fingerprint density at radius 1 is 1.27 bits per heavy atom. The van der Waals surface area contributed by atoms with Gasteiger partial charge in [-0.3, -0.25) is 9.69 Å². The van der Waals surface area contributed by atoms with E-state index >= 15 is 0 Å². The van der Waals surface area contributed by atoms with Crippen LogP contribution in [0.2, 0.25) is 5.02 Å². The molecule has 0 bridgehead atoms. The van der Waals surface area contributed by atoms with Gasteiger partial charge in [-0.2, -0.15) is 0 Å². The Morgan fingerprint density at radius 2 is 2.00 bits per heavy atom. The number of fused-ring (bicyclic) bond motifs is 1. The second-order valence-corrected chi connectivity index (χ2v) is 5.94. The van der Waals surface area contributed by atoms with Gasteiger partial charge in [-0.05, 0) is 35.2 Å². The molecule has 1 atom stereocenters. The van der Waals surface area contributed by atoms with Crippen LogP contribution in [0.1, 0.15) is 16.7 Å². The number of carbonyl (C=O) groups excluding carboxylic acids is 1. The molecule has 1 heterocycles. The molecule has 3 rings (SSSR count). The van der Waals surface area contributed by atoms with Gasteiger partial charge < -0.3 is 5.73 Å². The number of benzene rings is 2. The molecule has 0 fully saturated rings. The third-order valence-corrected chi connectivity index (χ3v) is 4.41. The molecule has 1 unspecified atom stereocenters. The largest absolute Gasteiger partial charge is 0.368 e. The molecular weight excluding hydrogens is 303 g/mol. The van der Waals surface area contributed by atoms with Crippen molar-refractivity contribution in [1.29, 1.82) is 0 Å². The number of carbonyl (C=O) groups is 1. The molecule has 2 aromatic carbocycles. The highest BCUT2D eigenvalue weighted by atomic mass is 35.5. The van der Waals surface area contributed by atoms with Gasteiger partial charge in [-0.15, -0.1) is 0 Å². The van der Waals surface area contributed by atoms with Gasteiger partial charge in [-0.25, -0.2) is 4.39 Å². The van der Waals surface area contributed by atoms with Crippen molar-refractivity contribution in [2.24, 2.45) is 5.73 Å². The first-order valence-electron chi connectivity index (χ1n) is 7.08. The lowest BCUT2D eigenvalue weighted by Crippen LogP contribution is -2.48. The third-order valence-electron chi connectivity index (χ3n) is 4.06. The lowest BCUT2D eigenvalue weighted by Gasteiger charge is -2.35. The minimum Gasteiger partial charge on any atom is -0.368 e. The van der Waals surface area contributed by atoms with Crippen molar-refractivity contribution >= 4 is 17.5 Å². The molecule has 5 heteroatoms. The van der Waals surface area contributed by atoms with Gasteiger partial charge in [0.15, 0.2) is 0 Å². The van der Waals surface area contributed by atoms with Crippen LogP contribution < -0.4 is 5.73 Å². The van der Waals surface area contributed by atoms with Crippen LogP contribution in [0.3, 0.4) is 0 Å². The quantitative estimate of drug-likeness (QED) is 0.946. The number of nitrogens with two attached hydrogens (primary N) is 1. The van der Waals surface area contributed by atoms with E-state index in [-0.39, 0.29) is 17.8 Å². The molecule has 1 aliphatic rings. The number of hydrogen-bond acceptors (Lipinski definition) is 2. The van der Waals surface area contributed by atoms with Gasteiger partial charge in [0.25, 0.3) is 0 Å². The van der Waals surface area contributed by atoms with Crippen LogP contribution in [0, 0.1) is 5.82 Å². The van der Waals surface area contributed by atoms with Crippen LogP contribution in [0.15, 0.2) is 42.5 Å². The summed E-state index contributed by atoms with van der Waals surface area (Å²) in [5.74, 6) is -0.725. The molecule has 1 amide bonds. The number of amides is 1. The highest BCUT2D eigenvalue weighted by Crippen LogP contribution is 2.27. The Hall–Kier alpha value is -1.91. The molecule has 0 aliphatic carbocycles. The molecule has 114 valence electrons. The second-order valence-electron chi connectivity index (χ2n) is 5.53. The van der Waals surface area contributed by atoms with E-state index in [4.69, 9.17) is 17.3 Å². The summed E-state index contributed by atoms with van der Waals surface area (Å²) in [4.78, 5) is 13.8. The fourth-order valence-corrected chi connectivity index (χ4v) is 3.12. The fourth-order valence-electron chi connectivity index (χ4n) is 2.89. The number of hydrogen-bond donors (Lipinski definition) is 1. The zero-order valence-corrected chi connectivity index (χ0v) is 12.7. The lowest BCUT2D eigenvalue weighted by molar-refractivity contribution is -0.124. The van der Waals surface area contributed by atoms with Crippen molar-refractivity contribution in [3.63, 3.8) is 0 Å². The van der Waals surface area contributed by atoms with E-state index in [1.54, 1.807) is 6.07 Å². The average Bonchev–Trinajstić information content (AvgIpc) is 2.49. The number of halogens is 2. The smallest absolute Gasteiger partial charge is 0.235 e. The van der Waals surface area contributed by atoms with Gasteiger partial charge in [0.1, 0.15) is 5.82 Å². The topological polar surface area (TPSA) is 46.3 Å². The Bertz CT molecular complexity index is 720. The van der Waals surface area contributed by atoms with E-state index in [2.05, 4.69) is 0 Å². The van der Waals surface area contributed by atoms with E-state index in [0.29, 0.717) is 24.5 Å². The monoisotopic (exact) mass is 318 g/mol. The molecule has 2 N–H and O–H groups in total. The van der Waals surface area contributed by atoms with Crippen LogP contribution in [-0.4, -0.2) is 16.8 Å². The molecule has 3 nitrogen and oxygen atoms in total. The zero-order valence-electron chi connectivity index (χ0n) is 11.9. The van der Waals surface area contributed by atoms with Crippen molar-refractivity contribution in [2.45, 2.75) is 25.6 Å². The summed E-state index contributed by atoms with van der Waals surface area (Å²) in [5, 5.41) is 0.363. The van der Waals surface area contributed by atoms with Crippen molar-refractivity contribution in [3.05, 3.63) is 70.0 Å². The van der Waals surface area contributed by atoms with Gasteiger partial charge in [0, 0.05) is 18.1 Å². The molecule has 1 aliphatic heterocycles. The lowest BCUT2D eigenvalue weighted by atomic mass is 9.93. The van der Waals surface area contributed by atoms with Crippen molar-refractivity contribution in [2.75, 3.05) is 0 Å². The van der Waals surface area contributed by atoms with Crippen LogP contribution in [0.25, 0.3) is 0 Å². The van der Waals surface area contributed by atoms with Gasteiger partial charge in [0.05, 0.1) is 6.04 Å². The maximum absolute atomic E-state index is 13.2. The molecule has 0 aromatic heterocycles.